The van der Waals surface area contributed by atoms with E-state index < -0.39 is 5.79 Å². The van der Waals surface area contributed by atoms with Crippen LogP contribution in [0.5, 0.6) is 0 Å². The first-order chi connectivity index (χ1) is 6.67. The molecule has 0 atom stereocenters. The van der Waals surface area contributed by atoms with Crippen LogP contribution in [0.25, 0.3) is 0 Å². The molecule has 1 heterocycles. The van der Waals surface area contributed by atoms with E-state index in [4.69, 9.17) is 9.57 Å². The van der Waals surface area contributed by atoms with Gasteiger partial charge in [0.05, 0.1) is 6.61 Å². The van der Waals surface area contributed by atoms with Gasteiger partial charge in [0.25, 0.3) is 0 Å². The number of benzene rings is 1. The lowest BCUT2D eigenvalue weighted by Crippen LogP contribution is -2.34. The smallest absolute Gasteiger partial charge is 0.231 e. The van der Waals surface area contributed by atoms with Gasteiger partial charge in [0, 0.05) is 19.4 Å². The van der Waals surface area contributed by atoms with Gasteiger partial charge in [0.1, 0.15) is 5.71 Å². The molecule has 3 nitrogen and oxygen atoms in total. The first-order valence-electron chi connectivity index (χ1n) is 4.62. The van der Waals surface area contributed by atoms with Crippen LogP contribution in [0, 0.1) is 0 Å². The molecule has 1 aromatic carbocycles. The van der Waals surface area contributed by atoms with Crippen molar-refractivity contribution in [2.75, 3.05) is 6.61 Å². The molecule has 0 radical (unpaired) electrons. The maximum absolute atomic E-state index is 5.48. The van der Waals surface area contributed by atoms with E-state index in [-0.39, 0.29) is 0 Å². The number of rotatable bonds is 1. The van der Waals surface area contributed by atoms with Gasteiger partial charge in [0.15, 0.2) is 0 Å². The fourth-order valence-electron chi connectivity index (χ4n) is 1.23. The molecule has 3 heteroatoms. The number of ether oxygens (including phenoxy) is 1. The third-order valence-corrected chi connectivity index (χ3v) is 2.04. The van der Waals surface area contributed by atoms with Crippen molar-refractivity contribution in [2.24, 2.45) is 5.16 Å². The second-order valence-corrected chi connectivity index (χ2v) is 3.68. The van der Waals surface area contributed by atoms with Crippen LogP contribution >= 0.6 is 0 Å². The summed E-state index contributed by atoms with van der Waals surface area (Å²) < 4.78 is 5.48. The molecule has 1 aliphatic heterocycles. The molecule has 0 spiro atoms. The number of hydrogen-bond donors (Lipinski definition) is 0. The average molecular weight is 191 g/mol. The van der Waals surface area contributed by atoms with E-state index in [1.54, 1.807) is 0 Å². The first kappa shape index (κ1) is 9.21. The fraction of sp³-hybridized carbons (Fsp3) is 0.364. The topological polar surface area (TPSA) is 30.8 Å². The predicted molar refractivity (Wildman–Crippen MR) is 54.1 cm³/mol. The largest absolute Gasteiger partial charge is 0.361 e. The van der Waals surface area contributed by atoms with E-state index in [1.165, 1.54) is 0 Å². The van der Waals surface area contributed by atoms with Crippen molar-refractivity contribution in [2.45, 2.75) is 19.6 Å². The summed E-state index contributed by atoms with van der Waals surface area (Å²) in [6.07, 6.45) is 0. The van der Waals surface area contributed by atoms with Crippen molar-refractivity contribution in [1.82, 2.24) is 0 Å². The Hall–Kier alpha value is -1.35. The molecule has 1 aliphatic rings. The van der Waals surface area contributed by atoms with Gasteiger partial charge in [-0.05, 0) is 0 Å². The summed E-state index contributed by atoms with van der Waals surface area (Å²) in [6.45, 7) is 4.19. The number of oxime groups is 1. The van der Waals surface area contributed by atoms with Crippen molar-refractivity contribution >= 4 is 5.71 Å². The highest BCUT2D eigenvalue weighted by molar-refractivity contribution is 6.01. The molecule has 0 N–H and O–H groups in total. The lowest BCUT2D eigenvalue weighted by Gasteiger charge is -2.27. The van der Waals surface area contributed by atoms with Gasteiger partial charge in [-0.25, -0.2) is 0 Å². The highest BCUT2D eigenvalue weighted by Crippen LogP contribution is 2.18. The van der Waals surface area contributed by atoms with E-state index in [0.29, 0.717) is 6.61 Å². The van der Waals surface area contributed by atoms with Gasteiger partial charge in [-0.2, -0.15) is 0 Å². The van der Waals surface area contributed by atoms with Gasteiger partial charge in [-0.1, -0.05) is 35.5 Å². The summed E-state index contributed by atoms with van der Waals surface area (Å²) >= 11 is 0. The summed E-state index contributed by atoms with van der Waals surface area (Å²) in [5.74, 6) is -0.599. The molecule has 1 aromatic rings. The molecule has 0 saturated carbocycles. The van der Waals surface area contributed by atoms with Gasteiger partial charge in [0.2, 0.25) is 5.79 Å². The number of hydrogen-bond acceptors (Lipinski definition) is 3. The minimum Gasteiger partial charge on any atom is -0.361 e. The Labute approximate surface area is 83.3 Å². The van der Waals surface area contributed by atoms with Crippen LogP contribution in [0.3, 0.4) is 0 Å². The Morgan fingerprint density at radius 1 is 1.21 bits per heavy atom. The van der Waals surface area contributed by atoms with Gasteiger partial charge < -0.3 is 9.57 Å². The van der Waals surface area contributed by atoms with E-state index in [9.17, 15) is 0 Å². The van der Waals surface area contributed by atoms with Crippen molar-refractivity contribution in [3.05, 3.63) is 35.9 Å². The Kier molecular flexibility index (Phi) is 2.25. The highest BCUT2D eigenvalue weighted by Gasteiger charge is 2.25. The minimum absolute atomic E-state index is 0.497. The molecule has 0 aromatic heterocycles. The highest BCUT2D eigenvalue weighted by atomic mass is 16.8. The van der Waals surface area contributed by atoms with Crippen molar-refractivity contribution < 1.29 is 9.57 Å². The molecule has 0 saturated heterocycles. The van der Waals surface area contributed by atoms with Crippen LogP contribution in [0.2, 0.25) is 0 Å². The van der Waals surface area contributed by atoms with Crippen LogP contribution in [0.4, 0.5) is 0 Å². The maximum atomic E-state index is 5.48. The van der Waals surface area contributed by atoms with Crippen LogP contribution in [0.1, 0.15) is 19.4 Å². The average Bonchev–Trinajstić information content (AvgIpc) is 2.19. The van der Waals surface area contributed by atoms with Crippen LogP contribution < -0.4 is 0 Å². The summed E-state index contributed by atoms with van der Waals surface area (Å²) in [6, 6.07) is 9.89. The van der Waals surface area contributed by atoms with E-state index in [2.05, 4.69) is 5.16 Å². The second kappa shape index (κ2) is 3.42. The molecule has 0 fully saturated rings. The normalized spacial score (nSPS) is 19.7. The monoisotopic (exact) mass is 191 g/mol. The first-order valence-corrected chi connectivity index (χ1v) is 4.62. The molecule has 14 heavy (non-hydrogen) atoms. The maximum Gasteiger partial charge on any atom is 0.231 e. The Bertz CT molecular complexity index is 344. The van der Waals surface area contributed by atoms with Crippen LogP contribution in [-0.2, 0) is 9.57 Å². The zero-order valence-corrected chi connectivity index (χ0v) is 8.36. The zero-order valence-electron chi connectivity index (χ0n) is 8.36. The van der Waals surface area contributed by atoms with Crippen LogP contribution in [-0.4, -0.2) is 18.1 Å². The summed E-state index contributed by atoms with van der Waals surface area (Å²) in [7, 11) is 0. The quantitative estimate of drug-likeness (QED) is 0.681. The molecule has 0 bridgehead atoms. The van der Waals surface area contributed by atoms with Gasteiger partial charge >= 0.3 is 0 Å². The lowest BCUT2D eigenvalue weighted by molar-refractivity contribution is -0.216. The van der Waals surface area contributed by atoms with Crippen molar-refractivity contribution in [3.63, 3.8) is 0 Å². The van der Waals surface area contributed by atoms with Gasteiger partial charge in [-0.3, -0.25) is 0 Å². The Morgan fingerprint density at radius 2 is 1.93 bits per heavy atom. The SMILES string of the molecule is CC1(C)OCC(c2ccccc2)=NO1. The van der Waals surface area contributed by atoms with E-state index >= 15 is 0 Å². The summed E-state index contributed by atoms with van der Waals surface area (Å²) in [4.78, 5) is 5.20. The lowest BCUT2D eigenvalue weighted by atomic mass is 10.1. The van der Waals surface area contributed by atoms with Crippen LogP contribution in [0.15, 0.2) is 35.5 Å². The van der Waals surface area contributed by atoms with Gasteiger partial charge in [-0.15, -0.1) is 0 Å². The molecule has 0 amide bonds. The Balaban J connectivity index is 2.19. The second-order valence-electron chi connectivity index (χ2n) is 3.68. The summed E-state index contributed by atoms with van der Waals surface area (Å²) in [5, 5.41) is 4.04. The minimum atomic E-state index is -0.599. The van der Waals surface area contributed by atoms with E-state index in [0.717, 1.165) is 11.3 Å². The predicted octanol–water partition coefficient (Wildman–Crippen LogP) is 2.17. The molecular formula is C11H13NO2. The molecule has 0 unspecified atom stereocenters. The van der Waals surface area contributed by atoms with Crippen molar-refractivity contribution in [1.29, 1.82) is 0 Å². The zero-order chi connectivity index (χ0) is 10.0. The Morgan fingerprint density at radius 3 is 2.50 bits per heavy atom. The summed E-state index contributed by atoms with van der Waals surface area (Å²) in [5.41, 5.74) is 1.88. The molecular weight excluding hydrogens is 178 g/mol. The molecule has 2 rings (SSSR count). The third-order valence-electron chi connectivity index (χ3n) is 2.04. The fourth-order valence-corrected chi connectivity index (χ4v) is 1.23. The molecule has 0 aliphatic carbocycles. The van der Waals surface area contributed by atoms with Crippen molar-refractivity contribution in [3.8, 4) is 0 Å². The third kappa shape index (κ3) is 1.93. The number of nitrogens with zero attached hydrogens (tertiary/aromatic N) is 1. The molecule has 74 valence electrons. The van der Waals surface area contributed by atoms with E-state index in [1.807, 2.05) is 44.2 Å². The standard InChI is InChI=1S/C11H13NO2/c1-11(2)13-8-10(12-14-11)9-6-4-3-5-7-9/h3-7H,8H2,1-2H3.